The van der Waals surface area contributed by atoms with Crippen molar-refractivity contribution in [3.05, 3.63) is 18.5 Å². The summed E-state index contributed by atoms with van der Waals surface area (Å²) >= 11 is 0. The Balaban J connectivity index is 2.35. The van der Waals surface area contributed by atoms with Crippen molar-refractivity contribution in [3.63, 3.8) is 0 Å². The van der Waals surface area contributed by atoms with Crippen LogP contribution < -0.4 is 11.1 Å². The lowest BCUT2D eigenvalue weighted by Gasteiger charge is -1.99. The predicted octanol–water partition coefficient (Wildman–Crippen LogP) is -0.491. The molecule has 3 N–H and O–H groups in total. The van der Waals surface area contributed by atoms with Gasteiger partial charge in [0.05, 0.1) is 0 Å². The summed E-state index contributed by atoms with van der Waals surface area (Å²) in [5.41, 5.74) is 4.82. The van der Waals surface area contributed by atoms with E-state index < -0.39 is 6.03 Å². The summed E-state index contributed by atoms with van der Waals surface area (Å²) in [6.07, 6.45) is 3.36. The quantitative estimate of drug-likeness (QED) is 0.581. The number of hydrogen-bond acceptors (Lipinski definition) is 2. The Morgan fingerprint density at radius 3 is 3.10 bits per heavy atom. The van der Waals surface area contributed by atoms with Gasteiger partial charge in [0, 0.05) is 12.4 Å². The summed E-state index contributed by atoms with van der Waals surface area (Å²) in [5, 5.41) is 6.22. The number of hydrogen-bond donors (Lipinski definition) is 2. The lowest BCUT2D eigenvalue weighted by molar-refractivity contribution is 0.246. The zero-order valence-corrected chi connectivity index (χ0v) is 5.32. The molecule has 10 heavy (non-hydrogen) atoms. The Morgan fingerprint density at radius 1 is 1.80 bits per heavy atom. The lowest BCUT2D eigenvalue weighted by atomic mass is 10.7. The Morgan fingerprint density at radius 2 is 2.60 bits per heavy atom. The van der Waals surface area contributed by atoms with Crippen molar-refractivity contribution in [3.8, 4) is 0 Å². The smallest absolute Gasteiger partial charge is 0.313 e. The Labute approximate surface area is 57.8 Å². The summed E-state index contributed by atoms with van der Waals surface area (Å²) in [6, 6.07) is 1.22. The second-order valence-corrected chi connectivity index (χ2v) is 1.74. The number of nitrogens with two attached hydrogens (primary N) is 1. The molecule has 1 aromatic heterocycles. The number of primary amides is 1. The number of carbonyl (C=O) groups is 1. The van der Waals surface area contributed by atoms with Crippen molar-refractivity contribution >= 4 is 6.03 Å². The maximum absolute atomic E-state index is 10.2. The molecule has 0 bridgehead atoms. The molecule has 1 heterocycles. The molecule has 0 aliphatic carbocycles. The summed E-state index contributed by atoms with van der Waals surface area (Å²) in [5.74, 6) is 0. The van der Waals surface area contributed by atoms with E-state index in [0.717, 1.165) is 0 Å². The van der Waals surface area contributed by atoms with Crippen LogP contribution in [0.5, 0.6) is 0 Å². The number of urea groups is 1. The molecule has 0 radical (unpaired) electrons. The Hall–Kier alpha value is -1.52. The van der Waals surface area contributed by atoms with Gasteiger partial charge in [-0.2, -0.15) is 5.10 Å². The van der Waals surface area contributed by atoms with Gasteiger partial charge in [0.15, 0.2) is 0 Å². The molecule has 0 aliphatic heterocycles. The van der Waals surface area contributed by atoms with Gasteiger partial charge in [-0.1, -0.05) is 0 Å². The number of carbonyl (C=O) groups excluding carboxylic acids is 1. The maximum atomic E-state index is 10.2. The average Bonchev–Trinajstić information content (AvgIpc) is 2.34. The molecule has 1 aromatic rings. The second-order valence-electron chi connectivity index (χ2n) is 1.74. The monoisotopic (exact) mass is 140 g/mol. The third-order valence-electron chi connectivity index (χ3n) is 0.974. The van der Waals surface area contributed by atoms with E-state index >= 15 is 0 Å². The van der Waals surface area contributed by atoms with Crippen LogP contribution in [-0.2, 0) is 6.67 Å². The van der Waals surface area contributed by atoms with Gasteiger partial charge >= 0.3 is 6.03 Å². The predicted molar refractivity (Wildman–Crippen MR) is 34.9 cm³/mol. The van der Waals surface area contributed by atoms with E-state index in [1.165, 1.54) is 0 Å². The van der Waals surface area contributed by atoms with Gasteiger partial charge in [0.25, 0.3) is 0 Å². The standard InChI is InChI=1S/C5H8N4O/c6-5(10)7-4-9-3-1-2-8-9/h1-3H,4H2,(H3,6,7,10). The van der Waals surface area contributed by atoms with Crippen LogP contribution in [0.3, 0.4) is 0 Å². The molecule has 2 amide bonds. The molecule has 5 nitrogen and oxygen atoms in total. The normalized spacial score (nSPS) is 9.20. The molecular formula is C5H8N4O. The summed E-state index contributed by atoms with van der Waals surface area (Å²) in [7, 11) is 0. The van der Waals surface area contributed by atoms with Crippen molar-refractivity contribution in [2.45, 2.75) is 6.67 Å². The topological polar surface area (TPSA) is 72.9 Å². The van der Waals surface area contributed by atoms with Crippen molar-refractivity contribution in [1.29, 1.82) is 0 Å². The van der Waals surface area contributed by atoms with E-state index in [2.05, 4.69) is 10.4 Å². The number of rotatable bonds is 2. The first-order chi connectivity index (χ1) is 4.79. The SMILES string of the molecule is NC(=O)NCn1cccn1. The van der Waals surface area contributed by atoms with Gasteiger partial charge in [0.1, 0.15) is 6.67 Å². The van der Waals surface area contributed by atoms with Crippen LogP contribution in [0.4, 0.5) is 4.79 Å². The van der Waals surface area contributed by atoms with E-state index in [1.54, 1.807) is 23.1 Å². The summed E-state index contributed by atoms with van der Waals surface area (Å²) in [4.78, 5) is 10.2. The number of aromatic nitrogens is 2. The largest absolute Gasteiger partial charge is 0.352 e. The van der Waals surface area contributed by atoms with E-state index in [1.807, 2.05) is 0 Å². The highest BCUT2D eigenvalue weighted by atomic mass is 16.2. The fourth-order valence-corrected chi connectivity index (χ4v) is 0.553. The van der Waals surface area contributed by atoms with Crippen molar-refractivity contribution in [1.82, 2.24) is 15.1 Å². The van der Waals surface area contributed by atoms with Crippen molar-refractivity contribution in [2.75, 3.05) is 0 Å². The molecule has 54 valence electrons. The van der Waals surface area contributed by atoms with E-state index in [4.69, 9.17) is 5.73 Å². The zero-order chi connectivity index (χ0) is 7.40. The molecule has 0 aromatic carbocycles. The number of nitrogens with zero attached hydrogens (tertiary/aromatic N) is 2. The minimum atomic E-state index is -0.546. The molecule has 0 saturated carbocycles. The van der Waals surface area contributed by atoms with Crippen LogP contribution in [0.15, 0.2) is 18.5 Å². The minimum Gasteiger partial charge on any atom is -0.352 e. The van der Waals surface area contributed by atoms with Crippen molar-refractivity contribution < 1.29 is 4.79 Å². The van der Waals surface area contributed by atoms with Gasteiger partial charge in [-0.05, 0) is 6.07 Å². The highest BCUT2D eigenvalue weighted by Crippen LogP contribution is 1.79. The van der Waals surface area contributed by atoms with Gasteiger partial charge in [0.2, 0.25) is 0 Å². The average molecular weight is 140 g/mol. The molecule has 0 saturated heterocycles. The molecule has 1 rings (SSSR count). The molecule has 0 atom stereocenters. The highest BCUT2D eigenvalue weighted by Gasteiger charge is 1.90. The summed E-state index contributed by atoms with van der Waals surface area (Å²) < 4.78 is 1.56. The highest BCUT2D eigenvalue weighted by molar-refractivity contribution is 5.71. The fraction of sp³-hybridized carbons (Fsp3) is 0.200. The van der Waals surface area contributed by atoms with E-state index in [-0.39, 0.29) is 0 Å². The number of amides is 2. The molecular weight excluding hydrogens is 132 g/mol. The van der Waals surface area contributed by atoms with E-state index in [9.17, 15) is 4.79 Å². The fourth-order valence-electron chi connectivity index (χ4n) is 0.553. The maximum Gasteiger partial charge on any atom is 0.313 e. The number of nitrogens with one attached hydrogen (secondary N) is 1. The second kappa shape index (κ2) is 2.86. The van der Waals surface area contributed by atoms with Crippen LogP contribution >= 0.6 is 0 Å². The molecule has 0 fully saturated rings. The first kappa shape index (κ1) is 6.60. The van der Waals surface area contributed by atoms with Crippen LogP contribution in [0.2, 0.25) is 0 Å². The first-order valence-corrected chi connectivity index (χ1v) is 2.80. The van der Waals surface area contributed by atoms with Crippen LogP contribution in [-0.4, -0.2) is 15.8 Å². The first-order valence-electron chi connectivity index (χ1n) is 2.80. The molecule has 5 heteroatoms. The van der Waals surface area contributed by atoms with Gasteiger partial charge < -0.3 is 11.1 Å². The Kier molecular flexibility index (Phi) is 1.89. The molecule has 0 unspecified atom stereocenters. The minimum absolute atomic E-state index is 0.322. The van der Waals surface area contributed by atoms with Gasteiger partial charge in [-0.15, -0.1) is 0 Å². The lowest BCUT2D eigenvalue weighted by Crippen LogP contribution is -2.31. The molecule has 0 aliphatic rings. The van der Waals surface area contributed by atoms with Crippen LogP contribution in [0.25, 0.3) is 0 Å². The van der Waals surface area contributed by atoms with Gasteiger partial charge in [-0.3, -0.25) is 4.68 Å². The van der Waals surface area contributed by atoms with Crippen molar-refractivity contribution in [2.24, 2.45) is 5.73 Å². The Bertz CT molecular complexity index is 205. The van der Waals surface area contributed by atoms with Gasteiger partial charge in [-0.25, -0.2) is 4.79 Å². The van der Waals surface area contributed by atoms with E-state index in [0.29, 0.717) is 6.67 Å². The zero-order valence-electron chi connectivity index (χ0n) is 5.32. The molecule has 0 spiro atoms. The third kappa shape index (κ3) is 1.77. The third-order valence-corrected chi connectivity index (χ3v) is 0.974. The summed E-state index contributed by atoms with van der Waals surface area (Å²) in [6.45, 7) is 0.322. The van der Waals surface area contributed by atoms with Crippen LogP contribution in [0.1, 0.15) is 0 Å². The van der Waals surface area contributed by atoms with Crippen LogP contribution in [0, 0.1) is 0 Å².